The molecule has 0 atom stereocenters. The van der Waals surface area contributed by atoms with Crippen LogP contribution in [0.2, 0.25) is 0 Å². The van der Waals surface area contributed by atoms with Crippen molar-refractivity contribution < 1.29 is 50.7 Å². The van der Waals surface area contributed by atoms with Crippen molar-refractivity contribution in [3.63, 3.8) is 0 Å². The Labute approximate surface area is 136 Å². The first kappa shape index (κ1) is 22.3. The Morgan fingerprint density at radius 2 is 0.882 bits per heavy atom. The molecular weight excluding hydrogens is 418 g/mol. The molecule has 2 aromatic carbocycles. The zero-order chi connectivity index (χ0) is 10.2. The minimum atomic E-state index is 0. The van der Waals surface area contributed by atoms with E-state index < -0.39 is 0 Å². The topological polar surface area (TPSA) is 0 Å². The monoisotopic (exact) mass is 436 g/mol. The molecule has 2 rings (SSSR count). The molecule has 0 unspecified atom stereocenters. The maximum Gasteiger partial charge on any atom is 4.00 e. The Morgan fingerprint density at radius 3 is 1.00 bits per heavy atom. The summed E-state index contributed by atoms with van der Waals surface area (Å²) in [7, 11) is 0. The average Bonchev–Trinajstić information content (AvgIpc) is 2.92. The second-order valence-corrected chi connectivity index (χ2v) is 3.29. The van der Waals surface area contributed by atoms with E-state index in [1.54, 1.807) is 0 Å². The van der Waals surface area contributed by atoms with Gasteiger partial charge in [-0.05, 0) is 0 Å². The van der Waals surface area contributed by atoms with Crippen molar-refractivity contribution in [2.24, 2.45) is 0 Å². The average molecular weight is 436 g/mol. The molecule has 3 heteroatoms. The zero-order valence-electron chi connectivity index (χ0n) is 10.3. The molecule has 0 aliphatic rings. The third-order valence-corrected chi connectivity index (χ3v) is 2.28. The Balaban J connectivity index is -0.000000196. The van der Waals surface area contributed by atoms with Crippen molar-refractivity contribution in [3.05, 3.63) is 59.7 Å². The van der Waals surface area contributed by atoms with Crippen LogP contribution in [0.15, 0.2) is 48.5 Å². The third kappa shape index (κ3) is 9.82. The van der Waals surface area contributed by atoms with Crippen molar-refractivity contribution >= 4 is 0 Å². The van der Waals surface area contributed by atoms with Gasteiger partial charge < -0.3 is 24.8 Å². The zero-order valence-corrected chi connectivity index (χ0v) is 15.4. The van der Waals surface area contributed by atoms with Crippen LogP contribution >= 0.6 is 0 Å². The van der Waals surface area contributed by atoms with Crippen molar-refractivity contribution in [3.8, 4) is 0 Å². The van der Waals surface area contributed by atoms with Crippen LogP contribution in [0.5, 0.6) is 0 Å². The first-order chi connectivity index (χ1) is 6.86. The van der Waals surface area contributed by atoms with Gasteiger partial charge in [0.25, 0.3) is 0 Å². The standard InChI is InChI=1S/2C7H9.2ClH.Hf/c2*1-2-7-5-3-4-6-7;;;/h2*3-6H,2H2,1H3;2*1H;/q2*-1;;;+4/p-2. The van der Waals surface area contributed by atoms with Gasteiger partial charge in [-0.1, -0.05) is 26.7 Å². The van der Waals surface area contributed by atoms with E-state index in [9.17, 15) is 0 Å². The number of aryl methyl sites for hydroxylation is 2. The molecule has 2 aromatic rings. The molecule has 0 nitrogen and oxygen atoms in total. The van der Waals surface area contributed by atoms with E-state index in [0.29, 0.717) is 0 Å². The summed E-state index contributed by atoms with van der Waals surface area (Å²) in [6.07, 6.45) is 2.32. The minimum absolute atomic E-state index is 0. The molecule has 0 amide bonds. The predicted molar refractivity (Wildman–Crippen MR) is 62.8 cm³/mol. The first-order valence-electron chi connectivity index (χ1n) is 5.28. The fourth-order valence-electron chi connectivity index (χ4n) is 1.30. The van der Waals surface area contributed by atoms with Crippen LogP contribution in [-0.2, 0) is 38.7 Å². The van der Waals surface area contributed by atoms with Gasteiger partial charge in [0, 0.05) is 0 Å². The maximum absolute atomic E-state index is 2.16. The summed E-state index contributed by atoms with van der Waals surface area (Å²) in [6.45, 7) is 4.32. The van der Waals surface area contributed by atoms with Crippen molar-refractivity contribution in [1.82, 2.24) is 0 Å². The van der Waals surface area contributed by atoms with E-state index in [4.69, 9.17) is 0 Å². The van der Waals surface area contributed by atoms with Crippen molar-refractivity contribution in [2.45, 2.75) is 26.7 Å². The van der Waals surface area contributed by atoms with Gasteiger partial charge in [-0.15, -0.1) is 0 Å². The summed E-state index contributed by atoms with van der Waals surface area (Å²) in [5.41, 5.74) is 2.86. The third-order valence-electron chi connectivity index (χ3n) is 2.28. The number of hydrogen-bond acceptors (Lipinski definition) is 0. The molecule has 0 N–H and O–H groups in total. The molecule has 17 heavy (non-hydrogen) atoms. The van der Waals surface area contributed by atoms with E-state index >= 15 is 0 Å². The largest absolute Gasteiger partial charge is 4.00 e. The van der Waals surface area contributed by atoms with Gasteiger partial charge in [-0.2, -0.15) is 35.4 Å². The molecule has 0 saturated carbocycles. The van der Waals surface area contributed by atoms with Crippen LogP contribution < -0.4 is 24.8 Å². The van der Waals surface area contributed by atoms with Crippen LogP contribution in [0, 0.1) is 0 Å². The number of hydrogen-bond donors (Lipinski definition) is 0. The predicted octanol–water partition coefficient (Wildman–Crippen LogP) is -2.06. The summed E-state index contributed by atoms with van der Waals surface area (Å²) in [5, 5.41) is 0. The molecule has 0 radical (unpaired) electrons. The Morgan fingerprint density at radius 1 is 0.647 bits per heavy atom. The fourth-order valence-corrected chi connectivity index (χ4v) is 1.30. The smallest absolute Gasteiger partial charge is 1.00 e. The molecule has 0 bridgehead atoms. The van der Waals surface area contributed by atoms with E-state index in [1.165, 1.54) is 11.1 Å². The minimum Gasteiger partial charge on any atom is -1.00 e. The molecule has 0 aliphatic carbocycles. The van der Waals surface area contributed by atoms with E-state index in [-0.39, 0.29) is 50.7 Å². The second kappa shape index (κ2) is 14.2. The van der Waals surface area contributed by atoms with Gasteiger partial charge in [-0.3, -0.25) is 0 Å². The van der Waals surface area contributed by atoms with Crippen LogP contribution in [0.3, 0.4) is 0 Å². The fraction of sp³-hybridized carbons (Fsp3) is 0.286. The Hall–Kier alpha value is 0.150. The summed E-state index contributed by atoms with van der Waals surface area (Å²) >= 11 is 0. The van der Waals surface area contributed by atoms with Crippen LogP contribution in [0.1, 0.15) is 25.0 Å². The van der Waals surface area contributed by atoms with Crippen LogP contribution in [-0.4, -0.2) is 0 Å². The summed E-state index contributed by atoms with van der Waals surface area (Å²) < 4.78 is 0. The summed E-state index contributed by atoms with van der Waals surface area (Å²) in [4.78, 5) is 0. The molecule has 92 valence electrons. The molecule has 0 spiro atoms. The van der Waals surface area contributed by atoms with Crippen molar-refractivity contribution in [1.29, 1.82) is 0 Å². The van der Waals surface area contributed by atoms with Gasteiger partial charge in [-0.25, -0.2) is 24.3 Å². The molecular formula is C14H18Cl2Hf. The first-order valence-corrected chi connectivity index (χ1v) is 5.28. The summed E-state index contributed by atoms with van der Waals surface area (Å²) in [6, 6.07) is 16.8. The SMILES string of the molecule is CC[c-]1cccc1.CC[c-]1cccc1.[Cl-].[Cl-].[Hf+4]. The van der Waals surface area contributed by atoms with Gasteiger partial charge in [0.1, 0.15) is 0 Å². The second-order valence-electron chi connectivity index (χ2n) is 3.29. The van der Waals surface area contributed by atoms with E-state index in [1.807, 2.05) is 0 Å². The molecule has 0 saturated heterocycles. The van der Waals surface area contributed by atoms with Crippen LogP contribution in [0.25, 0.3) is 0 Å². The van der Waals surface area contributed by atoms with Gasteiger partial charge in [0.15, 0.2) is 0 Å². The quantitative estimate of drug-likeness (QED) is 0.376. The molecule has 0 heterocycles. The van der Waals surface area contributed by atoms with Crippen molar-refractivity contribution in [2.75, 3.05) is 0 Å². The molecule has 0 fully saturated rings. The number of halogens is 2. The van der Waals surface area contributed by atoms with Gasteiger partial charge in [0.05, 0.1) is 0 Å². The van der Waals surface area contributed by atoms with Gasteiger partial charge in [0.2, 0.25) is 0 Å². The number of rotatable bonds is 2. The normalized spacial score (nSPS) is 7.65. The Kier molecular flexibility index (Phi) is 18.7. The molecule has 0 aromatic heterocycles. The van der Waals surface area contributed by atoms with E-state index in [2.05, 4.69) is 62.4 Å². The van der Waals surface area contributed by atoms with E-state index in [0.717, 1.165) is 12.8 Å². The molecule has 0 aliphatic heterocycles. The Bertz CT molecular complexity index is 278. The van der Waals surface area contributed by atoms with Crippen LogP contribution in [0.4, 0.5) is 0 Å². The maximum atomic E-state index is 2.16. The van der Waals surface area contributed by atoms with Gasteiger partial charge >= 0.3 is 25.8 Å². The summed E-state index contributed by atoms with van der Waals surface area (Å²) in [5.74, 6) is 0.